The lowest BCUT2D eigenvalue weighted by atomic mass is 10.4. The van der Waals surface area contributed by atoms with E-state index in [0.717, 1.165) is 18.7 Å². The van der Waals surface area contributed by atoms with Crippen LogP contribution in [0.2, 0.25) is 0 Å². The Morgan fingerprint density at radius 3 is 2.64 bits per heavy atom. The topological polar surface area (TPSA) is 29.1 Å². The number of carbonyl (C=O) groups excluding carboxylic acids is 1. The van der Waals surface area contributed by atoms with Crippen LogP contribution in [0.3, 0.4) is 0 Å². The van der Waals surface area contributed by atoms with Gasteiger partial charge in [0.2, 0.25) is 5.91 Å². The van der Waals surface area contributed by atoms with E-state index >= 15 is 0 Å². The lowest BCUT2D eigenvalue weighted by Crippen LogP contribution is -2.30. The van der Waals surface area contributed by atoms with Gasteiger partial charge in [0.15, 0.2) is 0 Å². The van der Waals surface area contributed by atoms with E-state index in [-0.39, 0.29) is 11.2 Å². The molecule has 0 aromatic rings. The second-order valence-electron chi connectivity index (χ2n) is 2.41. The molecule has 3 heteroatoms. The van der Waals surface area contributed by atoms with E-state index in [1.807, 2.05) is 13.8 Å². The van der Waals surface area contributed by atoms with Gasteiger partial charge in [0.05, 0.1) is 5.25 Å². The van der Waals surface area contributed by atoms with Crippen LogP contribution in [0, 0.1) is 0 Å². The van der Waals surface area contributed by atoms with Crippen LogP contribution in [0.1, 0.15) is 27.2 Å². The predicted octanol–water partition coefficient (Wildman–Crippen LogP) is 1.65. The fourth-order valence-corrected chi connectivity index (χ4v) is 1.51. The molecule has 66 valence electrons. The summed E-state index contributed by atoms with van der Waals surface area (Å²) >= 11 is 1.71. The fourth-order valence-electron chi connectivity index (χ4n) is 0.688. The number of rotatable bonds is 5. The molecule has 0 heterocycles. The van der Waals surface area contributed by atoms with E-state index in [1.165, 1.54) is 0 Å². The van der Waals surface area contributed by atoms with Gasteiger partial charge in [0, 0.05) is 6.54 Å². The Morgan fingerprint density at radius 2 is 2.18 bits per heavy atom. The molecule has 0 spiro atoms. The third-order valence-corrected chi connectivity index (χ3v) is 2.65. The summed E-state index contributed by atoms with van der Waals surface area (Å²) in [5, 5.41) is 2.90. The summed E-state index contributed by atoms with van der Waals surface area (Å²) in [6.45, 7) is 6.74. The van der Waals surface area contributed by atoms with Crippen LogP contribution in [-0.2, 0) is 4.79 Å². The second-order valence-corrected chi connectivity index (χ2v) is 3.86. The molecule has 0 radical (unpaired) electrons. The van der Waals surface area contributed by atoms with Crippen molar-refractivity contribution in [3.05, 3.63) is 0 Å². The molecule has 0 aliphatic carbocycles. The maximum atomic E-state index is 11.1. The second kappa shape index (κ2) is 6.53. The van der Waals surface area contributed by atoms with Crippen molar-refractivity contribution in [2.75, 3.05) is 12.3 Å². The minimum absolute atomic E-state index is 0.106. The number of thioether (sulfide) groups is 1. The molecule has 0 aromatic heterocycles. The quantitative estimate of drug-likeness (QED) is 0.688. The SMILES string of the molecule is CCCS[C@@H](C)C(=O)NCC. The van der Waals surface area contributed by atoms with E-state index in [1.54, 1.807) is 11.8 Å². The van der Waals surface area contributed by atoms with Gasteiger partial charge in [-0.25, -0.2) is 0 Å². The first kappa shape index (κ1) is 10.8. The Hall–Kier alpha value is -0.180. The zero-order valence-electron chi connectivity index (χ0n) is 7.52. The molecule has 0 aliphatic heterocycles. The number of hydrogen-bond donors (Lipinski definition) is 1. The summed E-state index contributed by atoms with van der Waals surface area (Å²) in [5.41, 5.74) is 0. The standard InChI is InChI=1S/C8H17NOS/c1-4-6-11-7(3)8(10)9-5-2/h7H,4-6H2,1-3H3,(H,9,10)/t7-/m0/s1. The van der Waals surface area contributed by atoms with Crippen LogP contribution in [0.5, 0.6) is 0 Å². The maximum Gasteiger partial charge on any atom is 0.232 e. The smallest absolute Gasteiger partial charge is 0.232 e. The Labute approximate surface area is 73.1 Å². The molecule has 1 atom stereocenters. The Kier molecular flexibility index (Phi) is 6.42. The summed E-state index contributed by atoms with van der Waals surface area (Å²) in [5.74, 6) is 1.23. The third kappa shape index (κ3) is 5.13. The summed E-state index contributed by atoms with van der Waals surface area (Å²) in [4.78, 5) is 11.1. The average molecular weight is 175 g/mol. The molecule has 1 N–H and O–H groups in total. The van der Waals surface area contributed by atoms with E-state index in [4.69, 9.17) is 0 Å². The van der Waals surface area contributed by atoms with Crippen LogP contribution in [0.15, 0.2) is 0 Å². The summed E-state index contributed by atoms with van der Waals surface area (Å²) in [6, 6.07) is 0. The minimum atomic E-state index is 0.106. The van der Waals surface area contributed by atoms with Crippen molar-refractivity contribution in [2.45, 2.75) is 32.4 Å². The van der Waals surface area contributed by atoms with Gasteiger partial charge < -0.3 is 5.32 Å². The molecular weight excluding hydrogens is 158 g/mol. The van der Waals surface area contributed by atoms with Crippen LogP contribution in [0.4, 0.5) is 0 Å². The lowest BCUT2D eigenvalue weighted by Gasteiger charge is -2.09. The highest BCUT2D eigenvalue weighted by Gasteiger charge is 2.10. The molecule has 0 fully saturated rings. The van der Waals surface area contributed by atoms with E-state index in [9.17, 15) is 4.79 Å². The van der Waals surface area contributed by atoms with Crippen molar-refractivity contribution < 1.29 is 4.79 Å². The van der Waals surface area contributed by atoms with Gasteiger partial charge in [0.1, 0.15) is 0 Å². The van der Waals surface area contributed by atoms with Crippen LogP contribution >= 0.6 is 11.8 Å². The Bertz CT molecular complexity index is 117. The number of carbonyl (C=O) groups is 1. The summed E-state index contributed by atoms with van der Waals surface area (Å²) in [7, 11) is 0. The molecule has 0 aliphatic rings. The van der Waals surface area contributed by atoms with Crippen molar-refractivity contribution in [3.8, 4) is 0 Å². The zero-order valence-corrected chi connectivity index (χ0v) is 8.33. The van der Waals surface area contributed by atoms with Crippen LogP contribution in [-0.4, -0.2) is 23.5 Å². The fraction of sp³-hybridized carbons (Fsp3) is 0.875. The zero-order chi connectivity index (χ0) is 8.69. The first-order valence-electron chi connectivity index (χ1n) is 4.11. The first-order valence-corrected chi connectivity index (χ1v) is 5.16. The van der Waals surface area contributed by atoms with Gasteiger partial charge in [-0.05, 0) is 26.0 Å². The van der Waals surface area contributed by atoms with Gasteiger partial charge in [0.25, 0.3) is 0 Å². The minimum Gasteiger partial charge on any atom is -0.355 e. The van der Waals surface area contributed by atoms with Gasteiger partial charge in [-0.3, -0.25) is 4.79 Å². The molecule has 0 aromatic carbocycles. The molecule has 0 unspecified atom stereocenters. The highest BCUT2D eigenvalue weighted by Crippen LogP contribution is 2.10. The van der Waals surface area contributed by atoms with Crippen molar-refractivity contribution in [1.29, 1.82) is 0 Å². The molecule has 0 rings (SSSR count). The normalized spacial score (nSPS) is 12.6. The monoisotopic (exact) mass is 175 g/mol. The highest BCUT2D eigenvalue weighted by atomic mass is 32.2. The number of hydrogen-bond acceptors (Lipinski definition) is 2. The van der Waals surface area contributed by atoms with Crippen molar-refractivity contribution in [3.63, 3.8) is 0 Å². The van der Waals surface area contributed by atoms with Gasteiger partial charge >= 0.3 is 0 Å². The van der Waals surface area contributed by atoms with Crippen LogP contribution in [0.25, 0.3) is 0 Å². The van der Waals surface area contributed by atoms with Gasteiger partial charge in [-0.15, -0.1) is 11.8 Å². The molecule has 1 amide bonds. The average Bonchev–Trinajstić information content (AvgIpc) is 2.00. The third-order valence-electron chi connectivity index (χ3n) is 1.29. The molecule has 2 nitrogen and oxygen atoms in total. The first-order chi connectivity index (χ1) is 5.22. The Balaban J connectivity index is 3.46. The van der Waals surface area contributed by atoms with Crippen molar-refractivity contribution in [1.82, 2.24) is 5.32 Å². The summed E-state index contributed by atoms with van der Waals surface area (Å²) in [6.07, 6.45) is 1.13. The maximum absolute atomic E-state index is 11.1. The molecule has 0 saturated carbocycles. The molecule has 11 heavy (non-hydrogen) atoms. The highest BCUT2D eigenvalue weighted by molar-refractivity contribution is 8.00. The van der Waals surface area contributed by atoms with Crippen molar-refractivity contribution in [2.24, 2.45) is 0 Å². The van der Waals surface area contributed by atoms with Crippen molar-refractivity contribution >= 4 is 17.7 Å². The largest absolute Gasteiger partial charge is 0.355 e. The van der Waals surface area contributed by atoms with Gasteiger partial charge in [-0.1, -0.05) is 6.92 Å². The van der Waals surface area contributed by atoms with E-state index in [0.29, 0.717) is 0 Å². The number of amides is 1. The molecular formula is C8H17NOS. The Morgan fingerprint density at radius 1 is 1.55 bits per heavy atom. The van der Waals surface area contributed by atoms with Gasteiger partial charge in [-0.2, -0.15) is 0 Å². The lowest BCUT2D eigenvalue weighted by molar-refractivity contribution is -0.120. The molecule has 0 saturated heterocycles. The van der Waals surface area contributed by atoms with Crippen LogP contribution < -0.4 is 5.32 Å². The number of nitrogens with one attached hydrogen (secondary N) is 1. The summed E-state index contributed by atoms with van der Waals surface area (Å²) < 4.78 is 0. The predicted molar refractivity (Wildman–Crippen MR) is 50.9 cm³/mol. The van der Waals surface area contributed by atoms with E-state index in [2.05, 4.69) is 12.2 Å². The molecule has 0 bridgehead atoms. The van der Waals surface area contributed by atoms with E-state index < -0.39 is 0 Å².